The molecule has 0 radical (unpaired) electrons. The normalized spacial score (nSPS) is 18.7. The highest BCUT2D eigenvalue weighted by Gasteiger charge is 2.26. The van der Waals surface area contributed by atoms with Crippen LogP contribution in [0.5, 0.6) is 0 Å². The van der Waals surface area contributed by atoms with Gasteiger partial charge in [0, 0.05) is 25.2 Å². The fraction of sp³-hybridized carbons (Fsp3) is 0.462. The van der Waals surface area contributed by atoms with E-state index in [9.17, 15) is 14.9 Å². The van der Waals surface area contributed by atoms with E-state index in [1.165, 1.54) is 18.2 Å². The van der Waals surface area contributed by atoms with E-state index in [1.807, 2.05) is 6.92 Å². The van der Waals surface area contributed by atoms with Crippen LogP contribution in [0.1, 0.15) is 17.3 Å². The van der Waals surface area contributed by atoms with Crippen molar-refractivity contribution in [3.63, 3.8) is 0 Å². The zero-order valence-electron chi connectivity index (χ0n) is 11.5. The minimum absolute atomic E-state index is 0.00415. The lowest BCUT2D eigenvalue weighted by molar-refractivity contribution is -0.383. The van der Waals surface area contributed by atoms with Crippen LogP contribution in [0.15, 0.2) is 18.2 Å². The summed E-state index contributed by atoms with van der Waals surface area (Å²) in [5, 5.41) is 13.6. The number of rotatable bonds is 3. The summed E-state index contributed by atoms with van der Waals surface area (Å²) in [5.41, 5.74) is 0.731. The number of anilines is 1. The number of carbonyl (C=O) groups is 1. The average Bonchev–Trinajstić information content (AvgIpc) is 2.46. The average molecular weight is 279 g/mol. The van der Waals surface area contributed by atoms with Crippen molar-refractivity contribution >= 4 is 17.3 Å². The molecule has 1 aromatic carbocycles. The second kappa shape index (κ2) is 5.87. The fourth-order valence-electron chi connectivity index (χ4n) is 2.22. The van der Waals surface area contributed by atoms with Gasteiger partial charge in [-0.15, -0.1) is 0 Å². The summed E-state index contributed by atoms with van der Waals surface area (Å²) < 4.78 is 5.30. The number of nitro benzene ring substituents is 1. The lowest BCUT2D eigenvalue weighted by Crippen LogP contribution is -2.47. The van der Waals surface area contributed by atoms with E-state index in [0.717, 1.165) is 0 Å². The number of amides is 1. The van der Waals surface area contributed by atoms with Crippen molar-refractivity contribution in [2.24, 2.45) is 0 Å². The van der Waals surface area contributed by atoms with E-state index in [1.54, 1.807) is 11.9 Å². The van der Waals surface area contributed by atoms with Gasteiger partial charge in [-0.05, 0) is 19.1 Å². The molecule has 0 bridgehead atoms. The molecule has 1 amide bonds. The highest BCUT2D eigenvalue weighted by Crippen LogP contribution is 2.26. The van der Waals surface area contributed by atoms with Crippen molar-refractivity contribution in [3.8, 4) is 0 Å². The molecule has 7 heteroatoms. The topological polar surface area (TPSA) is 84.7 Å². The second-order valence-corrected chi connectivity index (χ2v) is 4.66. The van der Waals surface area contributed by atoms with E-state index < -0.39 is 4.92 Å². The van der Waals surface area contributed by atoms with Crippen LogP contribution in [0.25, 0.3) is 0 Å². The first-order valence-electron chi connectivity index (χ1n) is 6.39. The van der Waals surface area contributed by atoms with Crippen LogP contribution in [0.2, 0.25) is 0 Å². The Labute approximate surface area is 116 Å². The Bertz CT molecular complexity index is 532. The largest absolute Gasteiger partial charge is 0.383 e. The number of hydrogen-bond donors (Lipinski definition) is 1. The summed E-state index contributed by atoms with van der Waals surface area (Å²) >= 11 is 0. The molecular formula is C13H17N3O4. The van der Waals surface area contributed by atoms with Crippen LogP contribution >= 0.6 is 0 Å². The Morgan fingerprint density at radius 3 is 2.90 bits per heavy atom. The SMILES string of the molecule is CNc1cc(C(=O)N2CCOCC2C)ccc1[N+](=O)[O-]. The van der Waals surface area contributed by atoms with Gasteiger partial charge in [-0.25, -0.2) is 0 Å². The van der Waals surface area contributed by atoms with Crippen molar-refractivity contribution in [1.29, 1.82) is 0 Å². The molecule has 1 aliphatic heterocycles. The van der Waals surface area contributed by atoms with Gasteiger partial charge in [-0.3, -0.25) is 14.9 Å². The van der Waals surface area contributed by atoms with Crippen molar-refractivity contribution < 1.29 is 14.5 Å². The Kier molecular flexibility index (Phi) is 4.19. The number of ether oxygens (including phenoxy) is 1. The molecule has 0 spiro atoms. The molecule has 7 nitrogen and oxygen atoms in total. The third-order valence-corrected chi connectivity index (χ3v) is 3.34. The van der Waals surface area contributed by atoms with Gasteiger partial charge in [0.05, 0.1) is 24.2 Å². The molecule has 1 aromatic rings. The Morgan fingerprint density at radius 2 is 2.30 bits per heavy atom. The van der Waals surface area contributed by atoms with Crippen LogP contribution in [-0.4, -0.2) is 48.6 Å². The summed E-state index contributed by atoms with van der Waals surface area (Å²) in [5.74, 6) is -0.132. The van der Waals surface area contributed by atoms with Crippen LogP contribution in [0, 0.1) is 10.1 Å². The highest BCUT2D eigenvalue weighted by atomic mass is 16.6. The van der Waals surface area contributed by atoms with E-state index in [0.29, 0.717) is 31.0 Å². The zero-order valence-corrected chi connectivity index (χ0v) is 11.5. The van der Waals surface area contributed by atoms with Gasteiger partial charge in [0.1, 0.15) is 5.69 Å². The molecule has 1 aliphatic rings. The van der Waals surface area contributed by atoms with Gasteiger partial charge >= 0.3 is 0 Å². The number of morpholine rings is 1. The van der Waals surface area contributed by atoms with Crippen LogP contribution in [0.3, 0.4) is 0 Å². The lowest BCUT2D eigenvalue weighted by atomic mass is 10.1. The summed E-state index contributed by atoms with van der Waals surface area (Å²) in [4.78, 5) is 24.6. The van der Waals surface area contributed by atoms with E-state index >= 15 is 0 Å². The molecule has 0 aromatic heterocycles. The molecule has 1 N–H and O–H groups in total. The maximum atomic E-state index is 12.4. The van der Waals surface area contributed by atoms with E-state index in [4.69, 9.17) is 4.74 Å². The lowest BCUT2D eigenvalue weighted by Gasteiger charge is -2.33. The molecule has 0 aliphatic carbocycles. The molecule has 1 saturated heterocycles. The van der Waals surface area contributed by atoms with Crippen LogP contribution in [0.4, 0.5) is 11.4 Å². The summed E-state index contributed by atoms with van der Waals surface area (Å²) in [6, 6.07) is 4.36. The maximum absolute atomic E-state index is 12.4. The minimum atomic E-state index is -0.475. The molecular weight excluding hydrogens is 262 g/mol. The molecule has 1 atom stereocenters. The van der Waals surface area contributed by atoms with Crippen LogP contribution < -0.4 is 5.32 Å². The predicted molar refractivity (Wildman–Crippen MR) is 74.0 cm³/mol. The maximum Gasteiger partial charge on any atom is 0.292 e. The quantitative estimate of drug-likeness (QED) is 0.669. The third-order valence-electron chi connectivity index (χ3n) is 3.34. The number of nitro groups is 1. The van der Waals surface area contributed by atoms with Gasteiger partial charge < -0.3 is 15.0 Å². The Hall–Kier alpha value is -2.15. The zero-order chi connectivity index (χ0) is 14.7. The molecule has 2 rings (SSSR count). The highest BCUT2D eigenvalue weighted by molar-refractivity contribution is 5.96. The van der Waals surface area contributed by atoms with E-state index in [2.05, 4.69) is 5.32 Å². The molecule has 1 fully saturated rings. The standard InChI is InChI=1S/C13H17N3O4/c1-9-8-20-6-5-15(9)13(17)10-3-4-12(16(18)19)11(7-10)14-2/h3-4,7,9,14H,5-6,8H2,1-2H3. The molecule has 20 heavy (non-hydrogen) atoms. The number of nitrogens with one attached hydrogen (secondary N) is 1. The van der Waals surface area contributed by atoms with Gasteiger partial charge in [-0.2, -0.15) is 0 Å². The van der Waals surface area contributed by atoms with Gasteiger partial charge in [-0.1, -0.05) is 0 Å². The van der Waals surface area contributed by atoms with Crippen molar-refractivity contribution in [1.82, 2.24) is 4.90 Å². The first-order chi connectivity index (χ1) is 9.54. The first-order valence-corrected chi connectivity index (χ1v) is 6.39. The minimum Gasteiger partial charge on any atom is -0.383 e. The third kappa shape index (κ3) is 2.72. The predicted octanol–water partition coefficient (Wildman–Crippen LogP) is 1.50. The summed E-state index contributed by atoms with van der Waals surface area (Å²) in [6.07, 6.45) is 0. The summed E-state index contributed by atoms with van der Waals surface area (Å²) in [7, 11) is 1.59. The van der Waals surface area contributed by atoms with Crippen LogP contribution in [-0.2, 0) is 4.74 Å². The number of carbonyl (C=O) groups excluding carboxylic acids is 1. The van der Waals surface area contributed by atoms with Gasteiger partial charge in [0.15, 0.2) is 0 Å². The Balaban J connectivity index is 2.28. The molecule has 0 saturated carbocycles. The first kappa shape index (κ1) is 14.3. The Morgan fingerprint density at radius 1 is 1.55 bits per heavy atom. The molecule has 1 heterocycles. The van der Waals surface area contributed by atoms with Gasteiger partial charge in [0.2, 0.25) is 0 Å². The second-order valence-electron chi connectivity index (χ2n) is 4.66. The molecule has 1 unspecified atom stereocenters. The van der Waals surface area contributed by atoms with E-state index in [-0.39, 0.29) is 17.6 Å². The number of benzene rings is 1. The smallest absolute Gasteiger partial charge is 0.292 e. The number of nitrogens with zero attached hydrogens (tertiary/aromatic N) is 2. The monoisotopic (exact) mass is 279 g/mol. The fourth-order valence-corrected chi connectivity index (χ4v) is 2.22. The summed E-state index contributed by atoms with van der Waals surface area (Å²) in [6.45, 7) is 3.48. The van der Waals surface area contributed by atoms with Gasteiger partial charge in [0.25, 0.3) is 11.6 Å². The van der Waals surface area contributed by atoms with Crippen molar-refractivity contribution in [3.05, 3.63) is 33.9 Å². The van der Waals surface area contributed by atoms with Crippen molar-refractivity contribution in [2.75, 3.05) is 32.1 Å². The number of hydrogen-bond acceptors (Lipinski definition) is 5. The molecule has 108 valence electrons. The van der Waals surface area contributed by atoms with Crippen molar-refractivity contribution in [2.45, 2.75) is 13.0 Å².